The van der Waals surface area contributed by atoms with E-state index in [0.29, 0.717) is 6.04 Å². The average Bonchev–Trinajstić information content (AvgIpc) is 2.35. The maximum absolute atomic E-state index is 5.96. The van der Waals surface area contributed by atoms with Crippen LogP contribution in [0.3, 0.4) is 0 Å². The number of nitrogens with zero attached hydrogens (tertiary/aromatic N) is 1. The quantitative estimate of drug-likeness (QED) is 0.648. The summed E-state index contributed by atoms with van der Waals surface area (Å²) in [5.41, 5.74) is 5.96. The maximum Gasteiger partial charge on any atom is 0.120 e. The van der Waals surface area contributed by atoms with Crippen LogP contribution in [0.1, 0.15) is 19.3 Å². The van der Waals surface area contributed by atoms with Gasteiger partial charge >= 0.3 is 0 Å². The molecule has 1 aliphatic rings. The molecular weight excluding hydrogens is 339 g/mol. The molecule has 100 valence electrons. The van der Waals surface area contributed by atoms with Gasteiger partial charge in [-0.25, -0.2) is 0 Å². The number of ether oxygens (including phenoxy) is 1. The highest BCUT2D eigenvalue weighted by molar-refractivity contribution is 14.1. The van der Waals surface area contributed by atoms with Gasteiger partial charge in [0.2, 0.25) is 0 Å². The van der Waals surface area contributed by atoms with Crippen LogP contribution in [0.15, 0.2) is 24.3 Å². The largest absolute Gasteiger partial charge is 0.494 e. The van der Waals surface area contributed by atoms with Crippen molar-refractivity contribution in [3.63, 3.8) is 0 Å². The highest BCUT2D eigenvalue weighted by atomic mass is 127. The van der Waals surface area contributed by atoms with E-state index in [-0.39, 0.29) is 0 Å². The number of piperidine rings is 1. The molecule has 1 atom stereocenters. The molecule has 1 aromatic rings. The fourth-order valence-electron chi connectivity index (χ4n) is 2.33. The lowest BCUT2D eigenvalue weighted by Gasteiger charge is -2.30. The van der Waals surface area contributed by atoms with Crippen LogP contribution >= 0.6 is 22.6 Å². The molecule has 0 bridgehead atoms. The lowest BCUT2D eigenvalue weighted by atomic mass is 10.1. The molecule has 0 aliphatic carbocycles. The second-order valence-electron chi connectivity index (χ2n) is 4.86. The smallest absolute Gasteiger partial charge is 0.120 e. The number of benzene rings is 1. The summed E-state index contributed by atoms with van der Waals surface area (Å²) in [6.07, 6.45) is 3.48. The third kappa shape index (κ3) is 4.74. The summed E-state index contributed by atoms with van der Waals surface area (Å²) in [5, 5.41) is 0. The molecule has 0 radical (unpaired) electrons. The lowest BCUT2D eigenvalue weighted by molar-refractivity contribution is 0.190. The predicted molar refractivity (Wildman–Crippen MR) is 82.9 cm³/mol. The lowest BCUT2D eigenvalue weighted by Crippen LogP contribution is -2.43. The average molecular weight is 360 g/mol. The standard InChI is InChI=1S/C14H21IN2O/c15-12-4-1-6-14(10-12)18-9-3-8-17-7-2-5-13(16)11-17/h1,4,6,10,13H,2-3,5,7-9,11,16H2/t13-/m0/s1. The maximum atomic E-state index is 5.96. The second kappa shape index (κ2) is 7.31. The van der Waals surface area contributed by atoms with Gasteiger partial charge < -0.3 is 15.4 Å². The summed E-state index contributed by atoms with van der Waals surface area (Å²) < 4.78 is 6.96. The number of likely N-dealkylation sites (tertiary alicyclic amines) is 1. The van der Waals surface area contributed by atoms with Crippen molar-refractivity contribution in [2.24, 2.45) is 5.73 Å². The van der Waals surface area contributed by atoms with Crippen molar-refractivity contribution in [2.75, 3.05) is 26.2 Å². The monoisotopic (exact) mass is 360 g/mol. The normalized spacial score (nSPS) is 20.9. The Kier molecular flexibility index (Phi) is 5.72. The Labute approximate surface area is 123 Å². The van der Waals surface area contributed by atoms with Crippen LogP contribution in [0.25, 0.3) is 0 Å². The number of hydrogen-bond donors (Lipinski definition) is 1. The number of hydrogen-bond acceptors (Lipinski definition) is 3. The molecule has 1 aromatic carbocycles. The van der Waals surface area contributed by atoms with Gasteiger partial charge in [0.25, 0.3) is 0 Å². The van der Waals surface area contributed by atoms with Crippen LogP contribution in [0.5, 0.6) is 5.75 Å². The van der Waals surface area contributed by atoms with Gasteiger partial charge in [-0.3, -0.25) is 0 Å². The summed E-state index contributed by atoms with van der Waals surface area (Å²) >= 11 is 2.30. The SMILES string of the molecule is N[C@H]1CCCN(CCCOc2cccc(I)c2)C1. The predicted octanol–water partition coefficient (Wildman–Crippen LogP) is 2.48. The van der Waals surface area contributed by atoms with E-state index in [0.717, 1.165) is 31.9 Å². The summed E-state index contributed by atoms with van der Waals surface area (Å²) in [5.74, 6) is 0.970. The molecular formula is C14H21IN2O. The van der Waals surface area contributed by atoms with Crippen LogP contribution in [-0.2, 0) is 0 Å². The molecule has 0 spiro atoms. The van der Waals surface area contributed by atoms with Crippen LogP contribution in [-0.4, -0.2) is 37.2 Å². The fourth-order valence-corrected chi connectivity index (χ4v) is 2.84. The first-order valence-electron chi connectivity index (χ1n) is 6.60. The third-order valence-electron chi connectivity index (χ3n) is 3.23. The van der Waals surface area contributed by atoms with E-state index in [2.05, 4.69) is 39.6 Å². The first kappa shape index (κ1) is 14.1. The molecule has 0 saturated carbocycles. The minimum atomic E-state index is 0.371. The first-order valence-corrected chi connectivity index (χ1v) is 7.68. The van der Waals surface area contributed by atoms with Crippen molar-refractivity contribution < 1.29 is 4.74 Å². The number of rotatable bonds is 5. The van der Waals surface area contributed by atoms with Gasteiger partial charge in [0, 0.05) is 22.7 Å². The van der Waals surface area contributed by atoms with Crippen LogP contribution in [0, 0.1) is 3.57 Å². The summed E-state index contributed by atoms with van der Waals surface area (Å²) in [4.78, 5) is 2.45. The van der Waals surface area contributed by atoms with E-state index in [9.17, 15) is 0 Å². The molecule has 0 amide bonds. The topological polar surface area (TPSA) is 38.5 Å². The van der Waals surface area contributed by atoms with Crippen molar-refractivity contribution in [1.82, 2.24) is 4.90 Å². The van der Waals surface area contributed by atoms with E-state index >= 15 is 0 Å². The van der Waals surface area contributed by atoms with Crippen molar-refractivity contribution >= 4 is 22.6 Å². The summed E-state index contributed by atoms with van der Waals surface area (Å²) in [6.45, 7) is 4.11. The van der Waals surface area contributed by atoms with E-state index in [4.69, 9.17) is 10.5 Å². The van der Waals surface area contributed by atoms with E-state index in [1.54, 1.807) is 0 Å². The molecule has 0 aromatic heterocycles. The van der Waals surface area contributed by atoms with Crippen LogP contribution < -0.4 is 10.5 Å². The van der Waals surface area contributed by atoms with Gasteiger partial charge in [-0.1, -0.05) is 6.07 Å². The minimum absolute atomic E-state index is 0.371. The van der Waals surface area contributed by atoms with E-state index < -0.39 is 0 Å². The molecule has 1 fully saturated rings. The summed E-state index contributed by atoms with van der Waals surface area (Å²) in [6, 6.07) is 8.55. The van der Waals surface area contributed by atoms with Crippen molar-refractivity contribution in [1.29, 1.82) is 0 Å². The van der Waals surface area contributed by atoms with Gasteiger partial charge in [-0.15, -0.1) is 0 Å². The Morgan fingerprint density at radius 1 is 1.44 bits per heavy atom. The Morgan fingerprint density at radius 3 is 3.11 bits per heavy atom. The molecule has 1 aliphatic heterocycles. The Balaban J connectivity index is 1.64. The fraction of sp³-hybridized carbons (Fsp3) is 0.571. The molecule has 4 heteroatoms. The van der Waals surface area contributed by atoms with Gasteiger partial charge in [0.05, 0.1) is 6.61 Å². The second-order valence-corrected chi connectivity index (χ2v) is 6.11. The van der Waals surface area contributed by atoms with Gasteiger partial charge in [0.1, 0.15) is 5.75 Å². The first-order chi connectivity index (χ1) is 8.74. The number of halogens is 1. The van der Waals surface area contributed by atoms with Crippen molar-refractivity contribution in [3.8, 4) is 5.75 Å². The van der Waals surface area contributed by atoms with E-state index in [1.807, 2.05) is 12.1 Å². The molecule has 1 saturated heterocycles. The zero-order valence-corrected chi connectivity index (χ0v) is 12.8. The number of nitrogens with two attached hydrogens (primary N) is 1. The molecule has 1 heterocycles. The van der Waals surface area contributed by atoms with Gasteiger partial charge in [-0.05, 0) is 66.6 Å². The van der Waals surface area contributed by atoms with Crippen LogP contribution in [0.2, 0.25) is 0 Å². The third-order valence-corrected chi connectivity index (χ3v) is 3.90. The molecule has 18 heavy (non-hydrogen) atoms. The Hall–Kier alpha value is -0.330. The zero-order valence-electron chi connectivity index (χ0n) is 10.6. The summed E-state index contributed by atoms with van der Waals surface area (Å²) in [7, 11) is 0. The highest BCUT2D eigenvalue weighted by Gasteiger charge is 2.15. The highest BCUT2D eigenvalue weighted by Crippen LogP contribution is 2.15. The Morgan fingerprint density at radius 2 is 2.33 bits per heavy atom. The van der Waals surface area contributed by atoms with Gasteiger partial charge in [0.15, 0.2) is 0 Å². The van der Waals surface area contributed by atoms with Crippen molar-refractivity contribution in [3.05, 3.63) is 27.8 Å². The molecule has 2 rings (SSSR count). The molecule has 2 N–H and O–H groups in total. The zero-order chi connectivity index (χ0) is 12.8. The van der Waals surface area contributed by atoms with E-state index in [1.165, 1.54) is 23.0 Å². The van der Waals surface area contributed by atoms with Crippen LogP contribution in [0.4, 0.5) is 0 Å². The Bertz CT molecular complexity index is 373. The minimum Gasteiger partial charge on any atom is -0.494 e. The molecule has 3 nitrogen and oxygen atoms in total. The molecule has 0 unspecified atom stereocenters. The van der Waals surface area contributed by atoms with Gasteiger partial charge in [-0.2, -0.15) is 0 Å². The van der Waals surface area contributed by atoms with Crippen molar-refractivity contribution in [2.45, 2.75) is 25.3 Å².